The summed E-state index contributed by atoms with van der Waals surface area (Å²) in [5.41, 5.74) is 1.39. The molecule has 1 aromatic carbocycles. The molecule has 7 nitrogen and oxygen atoms in total. The Morgan fingerprint density at radius 3 is 2.81 bits per heavy atom. The predicted molar refractivity (Wildman–Crippen MR) is 94.2 cm³/mol. The highest BCUT2D eigenvalue weighted by Gasteiger charge is 2.12. The zero-order valence-electron chi connectivity index (χ0n) is 14.0. The van der Waals surface area contributed by atoms with Crippen molar-refractivity contribution in [2.75, 3.05) is 11.1 Å². The fourth-order valence-corrected chi connectivity index (χ4v) is 3.07. The van der Waals surface area contributed by atoms with Crippen LogP contribution in [-0.2, 0) is 17.9 Å². The van der Waals surface area contributed by atoms with Gasteiger partial charge in [0.2, 0.25) is 5.91 Å². The molecular formula is C17H17FN4O3S. The summed E-state index contributed by atoms with van der Waals surface area (Å²) in [6.45, 7) is 1.99. The van der Waals surface area contributed by atoms with E-state index in [9.17, 15) is 14.3 Å². The highest BCUT2D eigenvalue weighted by molar-refractivity contribution is 7.99. The minimum Gasteiger partial charge on any atom is -0.390 e. The molecule has 136 valence electrons. The van der Waals surface area contributed by atoms with Crippen LogP contribution in [0.4, 0.5) is 10.2 Å². The van der Waals surface area contributed by atoms with E-state index in [2.05, 4.69) is 15.5 Å². The van der Waals surface area contributed by atoms with E-state index in [0.717, 1.165) is 5.56 Å². The molecule has 0 saturated heterocycles. The first kappa shape index (κ1) is 18.2. The van der Waals surface area contributed by atoms with E-state index in [1.54, 1.807) is 31.3 Å². The summed E-state index contributed by atoms with van der Waals surface area (Å²) in [4.78, 5) is 16.4. The molecule has 1 amide bonds. The number of benzene rings is 1. The zero-order chi connectivity index (χ0) is 18.5. The SMILES string of the molecule is Cc1cc(NC(=O)CSc2nc(CO)cn2Cc2ccc(F)cc2)no1. The number of carbonyl (C=O) groups excluding carboxylic acids is 1. The molecule has 0 spiro atoms. The van der Waals surface area contributed by atoms with Crippen LogP contribution in [0.25, 0.3) is 0 Å². The van der Waals surface area contributed by atoms with E-state index in [-0.39, 0.29) is 24.1 Å². The van der Waals surface area contributed by atoms with E-state index in [1.807, 2.05) is 4.57 Å². The van der Waals surface area contributed by atoms with Crippen molar-refractivity contribution in [2.24, 2.45) is 0 Å². The molecule has 3 aromatic rings. The fraction of sp³-hybridized carbons (Fsp3) is 0.235. The summed E-state index contributed by atoms with van der Waals surface area (Å²) in [7, 11) is 0. The molecule has 2 N–H and O–H groups in total. The fourth-order valence-electron chi connectivity index (χ4n) is 2.28. The van der Waals surface area contributed by atoms with Gasteiger partial charge in [-0.1, -0.05) is 29.1 Å². The van der Waals surface area contributed by atoms with Crippen molar-refractivity contribution in [1.29, 1.82) is 0 Å². The van der Waals surface area contributed by atoms with Gasteiger partial charge in [0.15, 0.2) is 11.0 Å². The van der Waals surface area contributed by atoms with Crippen LogP contribution in [0.5, 0.6) is 0 Å². The number of thioether (sulfide) groups is 1. The molecule has 26 heavy (non-hydrogen) atoms. The minimum atomic E-state index is -0.301. The van der Waals surface area contributed by atoms with Gasteiger partial charge < -0.3 is 19.5 Å². The highest BCUT2D eigenvalue weighted by Crippen LogP contribution is 2.20. The summed E-state index contributed by atoms with van der Waals surface area (Å²) in [5, 5.41) is 16.3. The first-order valence-electron chi connectivity index (χ1n) is 7.81. The Hall–Kier alpha value is -2.65. The molecule has 0 atom stereocenters. The van der Waals surface area contributed by atoms with Crippen molar-refractivity contribution in [1.82, 2.24) is 14.7 Å². The molecule has 3 rings (SSSR count). The molecule has 0 fully saturated rings. The number of amides is 1. The van der Waals surface area contributed by atoms with Crippen molar-refractivity contribution in [2.45, 2.75) is 25.2 Å². The number of carbonyl (C=O) groups is 1. The van der Waals surface area contributed by atoms with Crippen LogP contribution in [0.1, 0.15) is 17.0 Å². The zero-order valence-corrected chi connectivity index (χ0v) is 14.8. The maximum atomic E-state index is 13.0. The second-order valence-electron chi connectivity index (χ2n) is 5.59. The van der Waals surface area contributed by atoms with Gasteiger partial charge >= 0.3 is 0 Å². The largest absolute Gasteiger partial charge is 0.390 e. The number of hydrogen-bond donors (Lipinski definition) is 2. The molecule has 0 radical (unpaired) electrons. The minimum absolute atomic E-state index is 0.122. The molecule has 9 heteroatoms. The average molecular weight is 376 g/mol. The third kappa shape index (κ3) is 4.70. The van der Waals surface area contributed by atoms with E-state index in [4.69, 9.17) is 4.52 Å². The highest BCUT2D eigenvalue weighted by atomic mass is 32.2. The second-order valence-corrected chi connectivity index (χ2v) is 6.53. The number of anilines is 1. The molecular weight excluding hydrogens is 359 g/mol. The number of nitrogens with zero attached hydrogens (tertiary/aromatic N) is 3. The Balaban J connectivity index is 1.65. The summed E-state index contributed by atoms with van der Waals surface area (Å²) in [6, 6.07) is 7.77. The first-order chi connectivity index (χ1) is 12.5. The van der Waals surface area contributed by atoms with Crippen molar-refractivity contribution in [3.05, 3.63) is 59.4 Å². The molecule has 2 heterocycles. The smallest absolute Gasteiger partial charge is 0.236 e. The average Bonchev–Trinajstić information content (AvgIpc) is 3.21. The molecule has 2 aromatic heterocycles. The summed E-state index contributed by atoms with van der Waals surface area (Å²) in [5.74, 6) is 0.543. The van der Waals surface area contributed by atoms with Gasteiger partial charge in [0, 0.05) is 18.8 Å². The Morgan fingerprint density at radius 2 is 2.15 bits per heavy atom. The van der Waals surface area contributed by atoms with Crippen molar-refractivity contribution in [3.63, 3.8) is 0 Å². The van der Waals surface area contributed by atoms with Gasteiger partial charge in [0.1, 0.15) is 11.6 Å². The quantitative estimate of drug-likeness (QED) is 0.616. The molecule has 0 unspecified atom stereocenters. The van der Waals surface area contributed by atoms with Crippen LogP contribution in [-0.4, -0.2) is 31.5 Å². The van der Waals surface area contributed by atoms with Crippen molar-refractivity contribution in [3.8, 4) is 0 Å². The molecule has 0 bridgehead atoms. The van der Waals surface area contributed by atoms with E-state index in [0.29, 0.717) is 29.0 Å². The van der Waals surface area contributed by atoms with Crippen molar-refractivity contribution >= 4 is 23.5 Å². The number of imidazole rings is 1. The van der Waals surface area contributed by atoms with Gasteiger partial charge in [0.25, 0.3) is 0 Å². The van der Waals surface area contributed by atoms with Gasteiger partial charge in [-0.25, -0.2) is 9.37 Å². The second kappa shape index (κ2) is 8.15. The lowest BCUT2D eigenvalue weighted by Crippen LogP contribution is -2.14. The van der Waals surface area contributed by atoms with Gasteiger partial charge in [-0.05, 0) is 24.6 Å². The van der Waals surface area contributed by atoms with E-state index >= 15 is 0 Å². The lowest BCUT2D eigenvalue weighted by Gasteiger charge is -2.07. The summed E-state index contributed by atoms with van der Waals surface area (Å²) < 4.78 is 19.8. The first-order valence-corrected chi connectivity index (χ1v) is 8.79. The molecule has 0 aliphatic rings. The van der Waals surface area contributed by atoms with Crippen LogP contribution >= 0.6 is 11.8 Å². The maximum Gasteiger partial charge on any atom is 0.236 e. The topological polar surface area (TPSA) is 93.2 Å². The van der Waals surface area contributed by atoms with Crippen LogP contribution in [0.2, 0.25) is 0 Å². The number of nitrogens with one attached hydrogen (secondary N) is 1. The number of aliphatic hydroxyl groups excluding tert-OH is 1. The Kier molecular flexibility index (Phi) is 5.69. The number of rotatable bonds is 7. The van der Waals surface area contributed by atoms with Crippen molar-refractivity contribution < 1.29 is 18.8 Å². The van der Waals surface area contributed by atoms with Gasteiger partial charge in [-0.3, -0.25) is 4.79 Å². The summed E-state index contributed by atoms with van der Waals surface area (Å²) in [6.07, 6.45) is 1.71. The standard InChI is InChI=1S/C17H17FN4O3S/c1-11-6-15(21-25-11)20-16(24)10-26-17-19-14(9-23)8-22(17)7-12-2-4-13(18)5-3-12/h2-6,8,23H,7,9-10H2,1H3,(H,20,21,24). The maximum absolute atomic E-state index is 13.0. The monoisotopic (exact) mass is 376 g/mol. The molecule has 0 saturated carbocycles. The Bertz CT molecular complexity index is 892. The number of aryl methyl sites for hydroxylation is 1. The predicted octanol–water partition coefficient (Wildman–Crippen LogP) is 2.59. The summed E-state index contributed by atoms with van der Waals surface area (Å²) >= 11 is 1.24. The number of halogens is 1. The van der Waals surface area contributed by atoms with Crippen LogP contribution in [0.3, 0.4) is 0 Å². The van der Waals surface area contributed by atoms with E-state index in [1.165, 1.54) is 23.9 Å². The van der Waals surface area contributed by atoms with Gasteiger partial charge in [0.05, 0.1) is 18.1 Å². The van der Waals surface area contributed by atoms with Gasteiger partial charge in [-0.2, -0.15) is 0 Å². The third-order valence-electron chi connectivity index (χ3n) is 3.45. The van der Waals surface area contributed by atoms with Crippen LogP contribution in [0, 0.1) is 12.7 Å². The normalized spacial score (nSPS) is 10.9. The van der Waals surface area contributed by atoms with Crippen LogP contribution < -0.4 is 5.32 Å². The molecule has 0 aliphatic heterocycles. The third-order valence-corrected chi connectivity index (χ3v) is 4.44. The number of aliphatic hydroxyl groups is 1. The molecule has 0 aliphatic carbocycles. The Labute approximate surface area is 153 Å². The lowest BCUT2D eigenvalue weighted by molar-refractivity contribution is -0.113. The number of hydrogen-bond acceptors (Lipinski definition) is 6. The lowest BCUT2D eigenvalue weighted by atomic mass is 10.2. The Morgan fingerprint density at radius 1 is 1.38 bits per heavy atom. The number of aromatic nitrogens is 3. The van der Waals surface area contributed by atoms with E-state index < -0.39 is 0 Å². The van der Waals surface area contributed by atoms with Crippen LogP contribution in [0.15, 0.2) is 46.2 Å². The van der Waals surface area contributed by atoms with Gasteiger partial charge in [-0.15, -0.1) is 0 Å².